The number of thiophene rings is 1. The summed E-state index contributed by atoms with van der Waals surface area (Å²) in [5, 5.41) is 12.7. The molecule has 0 bridgehead atoms. The Hall–Kier alpha value is -1.10. The Morgan fingerprint density at radius 3 is 2.80 bits per heavy atom. The van der Waals surface area contributed by atoms with Gasteiger partial charge in [0, 0.05) is 16.2 Å². The first-order valence-electron chi connectivity index (χ1n) is 6.69. The second kappa shape index (κ2) is 4.45. The van der Waals surface area contributed by atoms with Gasteiger partial charge in [0.1, 0.15) is 0 Å². The van der Waals surface area contributed by atoms with Crippen molar-refractivity contribution in [2.45, 2.75) is 17.8 Å². The summed E-state index contributed by atoms with van der Waals surface area (Å²) in [5.41, 5.74) is 1.23. The molecule has 102 valence electrons. The third-order valence-electron chi connectivity index (χ3n) is 4.45. The van der Waals surface area contributed by atoms with Gasteiger partial charge in [-0.2, -0.15) is 0 Å². The summed E-state index contributed by atoms with van der Waals surface area (Å²) in [6, 6.07) is 11.9. The van der Waals surface area contributed by atoms with E-state index < -0.39 is 11.5 Å². The number of aliphatic hydroxyl groups is 1. The van der Waals surface area contributed by atoms with E-state index in [4.69, 9.17) is 0 Å². The molecular weight excluding hydrogens is 288 g/mol. The Kier molecular flexibility index (Phi) is 2.81. The summed E-state index contributed by atoms with van der Waals surface area (Å²) in [4.78, 5) is 14.2. The Balaban J connectivity index is 1.85. The number of carbonyl (C=O) groups excluding carboxylic acids is 1. The van der Waals surface area contributed by atoms with Crippen molar-refractivity contribution in [1.82, 2.24) is 0 Å². The van der Waals surface area contributed by atoms with E-state index >= 15 is 0 Å². The molecule has 1 aromatic heterocycles. The van der Waals surface area contributed by atoms with E-state index in [0.717, 1.165) is 11.1 Å². The molecule has 4 heteroatoms. The zero-order chi connectivity index (χ0) is 13.7. The van der Waals surface area contributed by atoms with E-state index in [1.54, 1.807) is 23.1 Å². The first kappa shape index (κ1) is 12.6. The molecule has 2 aliphatic rings. The van der Waals surface area contributed by atoms with E-state index in [-0.39, 0.29) is 11.0 Å². The molecule has 4 rings (SSSR count). The van der Waals surface area contributed by atoms with Crippen molar-refractivity contribution in [3.05, 3.63) is 57.8 Å². The van der Waals surface area contributed by atoms with Crippen LogP contribution in [0, 0.1) is 5.41 Å². The Labute approximate surface area is 125 Å². The van der Waals surface area contributed by atoms with Gasteiger partial charge in [-0.15, -0.1) is 23.1 Å². The molecule has 3 atom stereocenters. The standard InChI is InChI=1S/C16H14O2S2/c17-13-9-20-15(12-6-3-7-19-12)16(13)8-10-4-1-2-5-11(10)14(16)18/h1-7,13,15,17H,8-9H2/t13-,15-,16-/m1/s1. The van der Waals surface area contributed by atoms with Gasteiger partial charge in [0.25, 0.3) is 0 Å². The van der Waals surface area contributed by atoms with Crippen LogP contribution in [0.25, 0.3) is 0 Å². The van der Waals surface area contributed by atoms with E-state index in [9.17, 15) is 9.90 Å². The molecule has 2 heterocycles. The van der Waals surface area contributed by atoms with Crippen LogP contribution in [0.2, 0.25) is 0 Å². The Bertz CT molecular complexity index is 665. The predicted octanol–water partition coefficient (Wildman–Crippen LogP) is 3.32. The number of hydrogen-bond acceptors (Lipinski definition) is 4. The normalized spacial score (nSPS) is 31.9. The summed E-state index contributed by atoms with van der Waals surface area (Å²) < 4.78 is 0. The van der Waals surface area contributed by atoms with Gasteiger partial charge in [0.05, 0.1) is 16.8 Å². The van der Waals surface area contributed by atoms with Crippen molar-refractivity contribution in [2.24, 2.45) is 5.41 Å². The molecule has 20 heavy (non-hydrogen) atoms. The van der Waals surface area contributed by atoms with E-state index in [0.29, 0.717) is 12.2 Å². The summed E-state index contributed by atoms with van der Waals surface area (Å²) >= 11 is 3.40. The van der Waals surface area contributed by atoms with Crippen LogP contribution >= 0.6 is 23.1 Å². The minimum absolute atomic E-state index is 0.0809. The molecule has 0 saturated carbocycles. The highest BCUT2D eigenvalue weighted by Crippen LogP contribution is 2.59. The lowest BCUT2D eigenvalue weighted by Crippen LogP contribution is -2.40. The maximum Gasteiger partial charge on any atom is 0.173 e. The largest absolute Gasteiger partial charge is 0.391 e. The van der Waals surface area contributed by atoms with Crippen LogP contribution in [-0.4, -0.2) is 22.7 Å². The van der Waals surface area contributed by atoms with Gasteiger partial charge >= 0.3 is 0 Å². The van der Waals surface area contributed by atoms with Crippen LogP contribution in [0.15, 0.2) is 41.8 Å². The van der Waals surface area contributed by atoms with Crippen molar-refractivity contribution in [1.29, 1.82) is 0 Å². The van der Waals surface area contributed by atoms with Gasteiger partial charge in [-0.3, -0.25) is 4.79 Å². The number of thioether (sulfide) groups is 1. The number of fused-ring (bicyclic) bond motifs is 1. The SMILES string of the molecule is O=C1c2ccccc2C[C@@]12[C@H](O)CS[C@@H]2c1cccs1. The number of Topliss-reactive ketones (excluding diaryl/α,β-unsaturated/α-hetero) is 1. The second-order valence-corrected chi connectivity index (χ2v) is 7.57. The zero-order valence-electron chi connectivity index (χ0n) is 10.8. The maximum atomic E-state index is 13.0. The lowest BCUT2D eigenvalue weighted by atomic mass is 9.75. The van der Waals surface area contributed by atoms with Gasteiger partial charge in [0.15, 0.2) is 5.78 Å². The number of hydrogen-bond donors (Lipinski definition) is 1. The lowest BCUT2D eigenvalue weighted by molar-refractivity contribution is 0.0438. The van der Waals surface area contributed by atoms with Crippen molar-refractivity contribution >= 4 is 28.9 Å². The molecule has 0 amide bonds. The molecule has 1 aliphatic heterocycles. The van der Waals surface area contributed by atoms with Crippen LogP contribution in [0.3, 0.4) is 0 Å². The molecule has 0 unspecified atom stereocenters. The van der Waals surface area contributed by atoms with Crippen LogP contribution < -0.4 is 0 Å². The maximum absolute atomic E-state index is 13.0. The fourth-order valence-electron chi connectivity index (χ4n) is 3.46. The summed E-state index contributed by atoms with van der Waals surface area (Å²) in [6.45, 7) is 0. The molecule has 1 N–H and O–H groups in total. The number of carbonyl (C=O) groups is 1. The van der Waals surface area contributed by atoms with Gasteiger partial charge in [-0.1, -0.05) is 30.3 Å². The summed E-state index contributed by atoms with van der Waals surface area (Å²) in [6.07, 6.45) is 0.109. The highest BCUT2D eigenvalue weighted by atomic mass is 32.2. The first-order valence-corrected chi connectivity index (χ1v) is 8.62. The number of rotatable bonds is 1. The highest BCUT2D eigenvalue weighted by molar-refractivity contribution is 8.00. The predicted molar refractivity (Wildman–Crippen MR) is 82.4 cm³/mol. The third-order valence-corrected chi connectivity index (χ3v) is 7.05. The lowest BCUT2D eigenvalue weighted by Gasteiger charge is -2.31. The molecule has 1 aromatic carbocycles. The average Bonchev–Trinajstić information content (AvgIpc) is 3.14. The van der Waals surface area contributed by atoms with Crippen LogP contribution in [0.4, 0.5) is 0 Å². The van der Waals surface area contributed by atoms with Crippen molar-refractivity contribution in [2.75, 3.05) is 5.75 Å². The highest BCUT2D eigenvalue weighted by Gasteiger charge is 2.59. The monoisotopic (exact) mass is 302 g/mol. The fraction of sp³-hybridized carbons (Fsp3) is 0.312. The minimum atomic E-state index is -0.654. The van der Waals surface area contributed by atoms with Gasteiger partial charge in [-0.25, -0.2) is 0 Å². The number of aliphatic hydroxyl groups excluding tert-OH is 1. The smallest absolute Gasteiger partial charge is 0.173 e. The van der Waals surface area contributed by atoms with E-state index in [2.05, 4.69) is 6.07 Å². The first-order chi connectivity index (χ1) is 9.73. The van der Waals surface area contributed by atoms with Crippen molar-refractivity contribution < 1.29 is 9.90 Å². The third kappa shape index (κ3) is 1.53. The Morgan fingerprint density at radius 2 is 2.05 bits per heavy atom. The summed E-state index contributed by atoms with van der Waals surface area (Å²) in [5.74, 6) is 0.770. The molecule has 1 saturated heterocycles. The summed E-state index contributed by atoms with van der Waals surface area (Å²) in [7, 11) is 0. The zero-order valence-corrected chi connectivity index (χ0v) is 12.4. The van der Waals surface area contributed by atoms with E-state index in [1.807, 2.05) is 35.7 Å². The topological polar surface area (TPSA) is 37.3 Å². The quantitative estimate of drug-likeness (QED) is 0.878. The molecule has 2 nitrogen and oxygen atoms in total. The number of benzene rings is 1. The van der Waals surface area contributed by atoms with Gasteiger partial charge < -0.3 is 5.11 Å². The Morgan fingerprint density at radius 1 is 1.20 bits per heavy atom. The van der Waals surface area contributed by atoms with Crippen LogP contribution in [-0.2, 0) is 6.42 Å². The van der Waals surface area contributed by atoms with E-state index in [1.165, 1.54) is 4.88 Å². The molecular formula is C16H14O2S2. The molecule has 0 radical (unpaired) electrons. The van der Waals surface area contributed by atoms with Gasteiger partial charge in [-0.05, 0) is 23.4 Å². The molecule has 2 aromatic rings. The van der Waals surface area contributed by atoms with Crippen LogP contribution in [0.1, 0.15) is 26.0 Å². The van der Waals surface area contributed by atoms with Crippen LogP contribution in [0.5, 0.6) is 0 Å². The van der Waals surface area contributed by atoms with Crippen molar-refractivity contribution in [3.8, 4) is 0 Å². The van der Waals surface area contributed by atoms with Gasteiger partial charge in [0.2, 0.25) is 0 Å². The van der Waals surface area contributed by atoms with Crippen molar-refractivity contribution in [3.63, 3.8) is 0 Å². The number of ketones is 1. The molecule has 1 spiro atoms. The second-order valence-electron chi connectivity index (χ2n) is 5.45. The molecule has 1 aliphatic carbocycles. The molecule has 1 fully saturated rings. The fourth-order valence-corrected chi connectivity index (χ4v) is 6.19. The average molecular weight is 302 g/mol. The minimum Gasteiger partial charge on any atom is -0.391 e.